The third-order valence-corrected chi connectivity index (χ3v) is 4.35. The summed E-state index contributed by atoms with van der Waals surface area (Å²) >= 11 is 0. The van der Waals surface area contributed by atoms with E-state index in [1.807, 2.05) is 42.5 Å². The third kappa shape index (κ3) is 4.32. The van der Waals surface area contributed by atoms with Gasteiger partial charge in [0.05, 0.1) is 0 Å². The van der Waals surface area contributed by atoms with E-state index in [-0.39, 0.29) is 11.5 Å². The van der Waals surface area contributed by atoms with Crippen LogP contribution in [-0.4, -0.2) is 34.4 Å². The van der Waals surface area contributed by atoms with Gasteiger partial charge in [-0.25, -0.2) is 0 Å². The van der Waals surface area contributed by atoms with Crippen LogP contribution in [0, 0.1) is 0 Å². The van der Waals surface area contributed by atoms with Crippen LogP contribution < -0.4 is 5.56 Å². The predicted molar refractivity (Wildman–Crippen MR) is 98.5 cm³/mol. The number of para-hydroxylation sites is 1. The lowest BCUT2D eigenvalue weighted by atomic mass is 10.1. The van der Waals surface area contributed by atoms with Gasteiger partial charge < -0.3 is 9.88 Å². The second kappa shape index (κ2) is 7.75. The highest BCUT2D eigenvalue weighted by Crippen LogP contribution is 2.11. The van der Waals surface area contributed by atoms with E-state index in [9.17, 15) is 9.59 Å². The maximum Gasteiger partial charge on any atom is 0.251 e. The molecule has 0 atom stereocenters. The summed E-state index contributed by atoms with van der Waals surface area (Å²) in [6.07, 6.45) is 5.07. The molecule has 2 heterocycles. The number of aryl methyl sites for hydroxylation is 1. The van der Waals surface area contributed by atoms with Crippen LogP contribution in [0.25, 0.3) is 10.9 Å². The fourth-order valence-electron chi connectivity index (χ4n) is 2.78. The SMILES string of the molecule is CN(CCc1ccncc1)C(=O)CCc1cc2ccccc2[nH]c1=O. The number of carbonyl (C=O) groups excluding carboxylic acids is 1. The molecule has 5 nitrogen and oxygen atoms in total. The van der Waals surface area contributed by atoms with Gasteiger partial charge in [0.1, 0.15) is 0 Å². The first-order valence-electron chi connectivity index (χ1n) is 8.37. The van der Waals surface area contributed by atoms with Gasteiger partial charge in [-0.1, -0.05) is 18.2 Å². The lowest BCUT2D eigenvalue weighted by Crippen LogP contribution is -2.29. The van der Waals surface area contributed by atoms with E-state index in [0.29, 0.717) is 24.9 Å². The van der Waals surface area contributed by atoms with E-state index in [1.54, 1.807) is 24.3 Å². The number of H-pyrrole nitrogens is 1. The molecule has 3 rings (SSSR count). The molecule has 128 valence electrons. The predicted octanol–water partition coefficient (Wildman–Crippen LogP) is 2.56. The first kappa shape index (κ1) is 16.9. The summed E-state index contributed by atoms with van der Waals surface area (Å²) in [4.78, 5) is 33.0. The molecule has 0 bridgehead atoms. The Hall–Kier alpha value is -2.95. The molecule has 0 aliphatic rings. The summed E-state index contributed by atoms with van der Waals surface area (Å²) < 4.78 is 0. The van der Waals surface area contributed by atoms with Crippen LogP contribution in [0.5, 0.6) is 0 Å². The summed E-state index contributed by atoms with van der Waals surface area (Å²) in [7, 11) is 1.80. The Morgan fingerprint density at radius 2 is 1.88 bits per heavy atom. The van der Waals surface area contributed by atoms with Crippen LogP contribution in [0.4, 0.5) is 0 Å². The quantitative estimate of drug-likeness (QED) is 0.753. The standard InChI is InChI=1S/C20H21N3O2/c1-23(13-10-15-8-11-21-12-9-15)19(24)7-6-17-14-16-4-2-3-5-18(16)22-20(17)25/h2-5,8-9,11-12,14H,6-7,10,13H2,1H3,(H,22,25). The van der Waals surface area contributed by atoms with Crippen molar-refractivity contribution in [3.05, 3.63) is 76.3 Å². The molecular weight excluding hydrogens is 314 g/mol. The molecule has 0 spiro atoms. The Bertz CT molecular complexity index is 919. The number of rotatable bonds is 6. The molecule has 0 fully saturated rings. The van der Waals surface area contributed by atoms with Crippen LogP contribution in [0.2, 0.25) is 0 Å². The minimum Gasteiger partial charge on any atom is -0.345 e. The molecule has 1 amide bonds. The van der Waals surface area contributed by atoms with Crippen molar-refractivity contribution in [3.8, 4) is 0 Å². The van der Waals surface area contributed by atoms with Crippen LogP contribution in [0.3, 0.4) is 0 Å². The molecule has 0 aliphatic carbocycles. The fourth-order valence-corrected chi connectivity index (χ4v) is 2.78. The van der Waals surface area contributed by atoms with Crippen LogP contribution in [0.1, 0.15) is 17.5 Å². The van der Waals surface area contributed by atoms with Gasteiger partial charge in [0, 0.05) is 43.5 Å². The number of amides is 1. The maximum absolute atomic E-state index is 12.3. The van der Waals surface area contributed by atoms with Crippen molar-refractivity contribution in [2.45, 2.75) is 19.3 Å². The second-order valence-corrected chi connectivity index (χ2v) is 6.13. The summed E-state index contributed by atoms with van der Waals surface area (Å²) in [6.45, 7) is 0.650. The molecule has 0 saturated heterocycles. The lowest BCUT2D eigenvalue weighted by molar-refractivity contribution is -0.129. The molecule has 25 heavy (non-hydrogen) atoms. The summed E-state index contributed by atoms with van der Waals surface area (Å²) in [5.41, 5.74) is 2.50. The van der Waals surface area contributed by atoms with E-state index in [2.05, 4.69) is 9.97 Å². The van der Waals surface area contributed by atoms with E-state index >= 15 is 0 Å². The molecule has 0 radical (unpaired) electrons. The number of fused-ring (bicyclic) bond motifs is 1. The van der Waals surface area contributed by atoms with Crippen molar-refractivity contribution < 1.29 is 4.79 Å². The number of likely N-dealkylation sites (N-methyl/N-ethyl adjacent to an activating group) is 1. The highest BCUT2D eigenvalue weighted by atomic mass is 16.2. The highest BCUT2D eigenvalue weighted by Gasteiger charge is 2.11. The Labute approximate surface area is 146 Å². The Morgan fingerprint density at radius 3 is 2.68 bits per heavy atom. The molecule has 1 aromatic carbocycles. The van der Waals surface area contributed by atoms with E-state index < -0.39 is 0 Å². The van der Waals surface area contributed by atoms with E-state index in [1.165, 1.54) is 0 Å². The van der Waals surface area contributed by atoms with Gasteiger partial charge in [0.15, 0.2) is 0 Å². The summed E-state index contributed by atoms with van der Waals surface area (Å²) in [6, 6.07) is 13.4. The van der Waals surface area contributed by atoms with Gasteiger partial charge >= 0.3 is 0 Å². The highest BCUT2D eigenvalue weighted by molar-refractivity contribution is 5.79. The Balaban J connectivity index is 1.58. The normalized spacial score (nSPS) is 10.8. The molecule has 0 unspecified atom stereocenters. The molecule has 0 aliphatic heterocycles. The minimum atomic E-state index is -0.120. The molecule has 0 saturated carbocycles. The topological polar surface area (TPSA) is 66.1 Å². The van der Waals surface area contributed by atoms with Crippen molar-refractivity contribution in [3.63, 3.8) is 0 Å². The number of pyridine rings is 2. The fraction of sp³-hybridized carbons (Fsp3) is 0.250. The van der Waals surface area contributed by atoms with Crippen molar-refractivity contribution >= 4 is 16.8 Å². The molecule has 3 aromatic rings. The van der Waals surface area contributed by atoms with E-state index in [4.69, 9.17) is 0 Å². The van der Waals surface area contributed by atoms with Gasteiger partial charge in [-0.2, -0.15) is 0 Å². The first-order valence-corrected chi connectivity index (χ1v) is 8.37. The zero-order valence-electron chi connectivity index (χ0n) is 14.2. The lowest BCUT2D eigenvalue weighted by Gasteiger charge is -2.17. The number of aromatic amines is 1. The van der Waals surface area contributed by atoms with E-state index in [0.717, 1.165) is 22.9 Å². The van der Waals surface area contributed by atoms with Gasteiger partial charge in [0.25, 0.3) is 5.56 Å². The molecule has 1 N–H and O–H groups in total. The zero-order chi connectivity index (χ0) is 17.6. The number of hydrogen-bond donors (Lipinski definition) is 1. The maximum atomic E-state index is 12.3. The number of nitrogens with one attached hydrogen (secondary N) is 1. The monoisotopic (exact) mass is 335 g/mol. The number of hydrogen-bond acceptors (Lipinski definition) is 3. The number of nitrogens with zero attached hydrogens (tertiary/aromatic N) is 2. The Morgan fingerprint density at radius 1 is 1.12 bits per heavy atom. The number of carbonyl (C=O) groups is 1. The minimum absolute atomic E-state index is 0.0432. The molecular formula is C20H21N3O2. The van der Waals surface area contributed by atoms with Gasteiger partial charge in [-0.05, 0) is 48.1 Å². The van der Waals surface area contributed by atoms with Crippen LogP contribution in [-0.2, 0) is 17.6 Å². The summed E-state index contributed by atoms with van der Waals surface area (Å²) in [5.74, 6) is 0.0432. The van der Waals surface area contributed by atoms with Crippen LogP contribution in [0.15, 0.2) is 59.7 Å². The molecule has 2 aromatic heterocycles. The van der Waals surface area contributed by atoms with Gasteiger partial charge in [-0.3, -0.25) is 14.6 Å². The number of benzene rings is 1. The second-order valence-electron chi connectivity index (χ2n) is 6.13. The summed E-state index contributed by atoms with van der Waals surface area (Å²) in [5, 5.41) is 0.982. The molecule has 5 heteroatoms. The number of aromatic nitrogens is 2. The van der Waals surface area contributed by atoms with Crippen molar-refractivity contribution in [2.75, 3.05) is 13.6 Å². The third-order valence-electron chi connectivity index (χ3n) is 4.35. The Kier molecular flexibility index (Phi) is 5.23. The largest absolute Gasteiger partial charge is 0.345 e. The average molecular weight is 335 g/mol. The zero-order valence-corrected chi connectivity index (χ0v) is 14.2. The van der Waals surface area contributed by atoms with Crippen LogP contribution >= 0.6 is 0 Å². The van der Waals surface area contributed by atoms with Crippen molar-refractivity contribution in [2.24, 2.45) is 0 Å². The first-order chi connectivity index (χ1) is 12.1. The van der Waals surface area contributed by atoms with Crippen molar-refractivity contribution in [1.82, 2.24) is 14.9 Å². The average Bonchev–Trinajstić information content (AvgIpc) is 2.65. The smallest absolute Gasteiger partial charge is 0.251 e. The van der Waals surface area contributed by atoms with Crippen molar-refractivity contribution in [1.29, 1.82) is 0 Å². The van der Waals surface area contributed by atoms with Gasteiger partial charge in [-0.15, -0.1) is 0 Å². The van der Waals surface area contributed by atoms with Gasteiger partial charge in [0.2, 0.25) is 5.91 Å².